The minimum absolute atomic E-state index is 0.0269. The van der Waals surface area contributed by atoms with Gasteiger partial charge in [0.25, 0.3) is 5.95 Å². The van der Waals surface area contributed by atoms with Crippen molar-refractivity contribution in [3.8, 4) is 0 Å². The van der Waals surface area contributed by atoms with Crippen molar-refractivity contribution in [1.82, 2.24) is 9.97 Å². The topological polar surface area (TPSA) is 75.4 Å². The maximum absolute atomic E-state index is 12.8. The van der Waals surface area contributed by atoms with Gasteiger partial charge in [-0.25, -0.2) is 9.98 Å². The zero-order chi connectivity index (χ0) is 20.6. The molecule has 0 radical (unpaired) electrons. The van der Waals surface area contributed by atoms with Gasteiger partial charge in [-0.3, -0.25) is 4.79 Å². The molecule has 5 nitrogen and oxygen atoms in total. The van der Waals surface area contributed by atoms with Crippen molar-refractivity contribution in [2.75, 3.05) is 0 Å². The molecule has 3 aromatic rings. The van der Waals surface area contributed by atoms with Crippen molar-refractivity contribution >= 4 is 41.3 Å². The summed E-state index contributed by atoms with van der Waals surface area (Å²) in [6.45, 7) is 1.76. The highest BCUT2D eigenvalue weighted by atomic mass is 35.5. The Balaban J connectivity index is 1.73. The number of hydrogen-bond acceptors (Lipinski definition) is 6. The van der Waals surface area contributed by atoms with Crippen LogP contribution >= 0.6 is 23.4 Å². The fourth-order valence-electron chi connectivity index (χ4n) is 2.50. The van der Waals surface area contributed by atoms with Crippen molar-refractivity contribution in [3.63, 3.8) is 0 Å². The summed E-state index contributed by atoms with van der Waals surface area (Å²) in [5.74, 6) is 0.504. The second-order valence-corrected chi connectivity index (χ2v) is 7.54. The summed E-state index contributed by atoms with van der Waals surface area (Å²) in [5.41, 5.74) is 2.15. The largest absolute Gasteiger partial charge is 0.515 e. The van der Waals surface area contributed by atoms with Crippen LogP contribution in [0.25, 0.3) is 0 Å². The van der Waals surface area contributed by atoms with E-state index >= 15 is 0 Å². The Morgan fingerprint density at radius 3 is 2.66 bits per heavy atom. The number of aromatic nitrogens is 2. The molecule has 0 amide bonds. The number of nitrogens with zero attached hydrogens (tertiary/aromatic N) is 3. The lowest BCUT2D eigenvalue weighted by molar-refractivity contribution is 0.103. The van der Waals surface area contributed by atoms with Gasteiger partial charge in [-0.2, -0.15) is 4.98 Å². The lowest BCUT2D eigenvalue weighted by atomic mass is 10.0. The molecular formula is C22H18ClN3O2S. The molecule has 0 unspecified atom stereocenters. The molecule has 1 heterocycles. The van der Waals surface area contributed by atoms with Crippen LogP contribution in [-0.2, 0) is 5.75 Å². The molecule has 146 valence electrons. The van der Waals surface area contributed by atoms with E-state index in [1.54, 1.807) is 30.8 Å². The van der Waals surface area contributed by atoms with Crippen LogP contribution in [0.15, 0.2) is 82.4 Å². The zero-order valence-electron chi connectivity index (χ0n) is 15.6. The number of aliphatic hydroxyl groups excluding tert-OH is 1. The lowest BCUT2D eigenvalue weighted by Crippen LogP contribution is -2.05. The predicted octanol–water partition coefficient (Wildman–Crippen LogP) is 5.76. The fourth-order valence-corrected chi connectivity index (χ4v) is 3.60. The number of thioether (sulfide) groups is 1. The molecule has 3 rings (SSSR count). The first-order chi connectivity index (χ1) is 14.0. The normalized spacial score (nSPS) is 11.7. The number of carbonyl (C=O) groups is 1. The molecular weight excluding hydrogens is 406 g/mol. The molecule has 0 atom stereocenters. The van der Waals surface area contributed by atoms with E-state index in [0.29, 0.717) is 11.3 Å². The molecule has 1 N–H and O–H groups in total. The quantitative estimate of drug-likeness (QED) is 0.131. The zero-order valence-corrected chi connectivity index (χ0v) is 17.2. The summed E-state index contributed by atoms with van der Waals surface area (Å²) in [7, 11) is 0. The third-order valence-electron chi connectivity index (χ3n) is 3.87. The molecule has 0 bridgehead atoms. The van der Waals surface area contributed by atoms with Gasteiger partial charge in [0.05, 0.1) is 11.8 Å². The van der Waals surface area contributed by atoms with Crippen molar-refractivity contribution in [2.24, 2.45) is 4.99 Å². The Bertz CT molecular complexity index is 1050. The van der Waals surface area contributed by atoms with E-state index in [0.717, 1.165) is 22.5 Å². The van der Waals surface area contributed by atoms with E-state index < -0.39 is 0 Å². The molecule has 0 aliphatic carbocycles. The highest BCUT2D eigenvalue weighted by molar-refractivity contribution is 7.98. The molecule has 0 saturated heterocycles. The summed E-state index contributed by atoms with van der Waals surface area (Å²) >= 11 is 7.58. The smallest absolute Gasteiger partial charge is 0.250 e. The van der Waals surface area contributed by atoms with E-state index in [1.165, 1.54) is 6.21 Å². The Labute approximate surface area is 178 Å². The van der Waals surface area contributed by atoms with Gasteiger partial charge in [0.1, 0.15) is 5.15 Å². The molecule has 0 aliphatic heterocycles. The van der Waals surface area contributed by atoms with E-state index in [1.807, 2.05) is 48.5 Å². The van der Waals surface area contributed by atoms with Crippen LogP contribution in [-0.4, -0.2) is 27.1 Å². The van der Waals surface area contributed by atoms with Gasteiger partial charge in [-0.05, 0) is 36.8 Å². The standard InChI is InChI=1S/C22H18ClN3O2S/c1-15-10-20(23)26-22(25-15)24-12-18(13-27)21(28)17-7-5-6-16(11-17)14-29-19-8-3-2-4-9-19/h2-13,27H,14H2,1H3. The molecule has 2 aromatic carbocycles. The van der Waals surface area contributed by atoms with Crippen molar-refractivity contribution in [3.05, 3.63) is 94.5 Å². The molecule has 1 aromatic heterocycles. The number of ketones is 1. The first kappa shape index (κ1) is 20.8. The monoisotopic (exact) mass is 423 g/mol. The van der Waals surface area contributed by atoms with Gasteiger partial charge in [-0.1, -0.05) is 48.0 Å². The number of aryl methyl sites for hydroxylation is 1. The number of benzene rings is 2. The van der Waals surface area contributed by atoms with Crippen LogP contribution in [0.5, 0.6) is 0 Å². The van der Waals surface area contributed by atoms with E-state index in [-0.39, 0.29) is 22.5 Å². The molecule has 29 heavy (non-hydrogen) atoms. The summed E-state index contributed by atoms with van der Waals surface area (Å²) in [6, 6.07) is 19.0. The van der Waals surface area contributed by atoms with Crippen molar-refractivity contribution in [1.29, 1.82) is 0 Å². The van der Waals surface area contributed by atoms with Crippen LogP contribution in [0.3, 0.4) is 0 Å². The number of aliphatic imine (C=N–C) groups is 1. The Morgan fingerprint density at radius 2 is 1.93 bits per heavy atom. The second kappa shape index (κ2) is 10.0. The molecule has 0 saturated carbocycles. The lowest BCUT2D eigenvalue weighted by Gasteiger charge is -2.05. The average molecular weight is 424 g/mol. The van der Waals surface area contributed by atoms with Crippen LogP contribution in [0, 0.1) is 6.92 Å². The number of hydrogen-bond donors (Lipinski definition) is 1. The number of carbonyl (C=O) groups excluding carboxylic acids is 1. The first-order valence-electron chi connectivity index (χ1n) is 8.76. The number of allylic oxidation sites excluding steroid dienone is 1. The average Bonchev–Trinajstić information content (AvgIpc) is 2.73. The fraction of sp³-hybridized carbons (Fsp3) is 0.0909. The highest BCUT2D eigenvalue weighted by Gasteiger charge is 2.12. The third-order valence-corrected chi connectivity index (χ3v) is 5.15. The van der Waals surface area contributed by atoms with E-state index in [4.69, 9.17) is 11.6 Å². The molecule has 0 fully saturated rings. The summed E-state index contributed by atoms with van der Waals surface area (Å²) < 4.78 is 0. The third kappa shape index (κ3) is 6.01. The summed E-state index contributed by atoms with van der Waals surface area (Å²) in [4.78, 5) is 26.1. The Hall–Kier alpha value is -2.96. The molecule has 0 aliphatic rings. The maximum Gasteiger partial charge on any atom is 0.250 e. The molecule has 7 heteroatoms. The van der Waals surface area contributed by atoms with Gasteiger partial charge in [0.2, 0.25) is 0 Å². The SMILES string of the molecule is Cc1cc(Cl)nc(N=CC(=CO)C(=O)c2cccc(CSc3ccccc3)c2)n1. The van der Waals surface area contributed by atoms with E-state index in [9.17, 15) is 9.90 Å². The summed E-state index contributed by atoms with van der Waals surface area (Å²) in [6.07, 6.45) is 1.97. The maximum atomic E-state index is 12.8. The minimum atomic E-state index is -0.346. The van der Waals surface area contributed by atoms with Gasteiger partial charge < -0.3 is 5.11 Å². The molecule has 0 spiro atoms. The van der Waals surface area contributed by atoms with Crippen LogP contribution in [0.1, 0.15) is 21.6 Å². The van der Waals surface area contributed by atoms with Gasteiger partial charge >= 0.3 is 0 Å². The summed E-state index contributed by atoms with van der Waals surface area (Å²) in [5, 5.41) is 9.78. The van der Waals surface area contributed by atoms with Gasteiger partial charge in [0, 0.05) is 28.1 Å². The number of aliphatic hydroxyl groups is 1. The van der Waals surface area contributed by atoms with E-state index in [2.05, 4.69) is 15.0 Å². The van der Waals surface area contributed by atoms with Crippen molar-refractivity contribution in [2.45, 2.75) is 17.6 Å². The predicted molar refractivity (Wildman–Crippen MR) is 117 cm³/mol. The Morgan fingerprint density at radius 1 is 1.14 bits per heavy atom. The minimum Gasteiger partial charge on any atom is -0.515 e. The second-order valence-electron chi connectivity index (χ2n) is 6.11. The van der Waals surface area contributed by atoms with Gasteiger partial charge in [-0.15, -0.1) is 11.8 Å². The number of rotatable bonds is 7. The van der Waals surface area contributed by atoms with Gasteiger partial charge in [0.15, 0.2) is 5.78 Å². The number of halogens is 1. The van der Waals surface area contributed by atoms with Crippen LogP contribution in [0.4, 0.5) is 5.95 Å². The Kier molecular flexibility index (Phi) is 7.16. The first-order valence-corrected chi connectivity index (χ1v) is 10.1. The highest BCUT2D eigenvalue weighted by Crippen LogP contribution is 2.23. The number of Topliss-reactive ketones (excluding diaryl/α,β-unsaturated/α-hetero) is 1. The van der Waals surface area contributed by atoms with Crippen LogP contribution < -0.4 is 0 Å². The van der Waals surface area contributed by atoms with Crippen LogP contribution in [0.2, 0.25) is 5.15 Å². The van der Waals surface area contributed by atoms with Crippen molar-refractivity contribution < 1.29 is 9.90 Å².